The normalized spacial score (nSPS) is 10.1. The zero-order valence-corrected chi connectivity index (χ0v) is 12.5. The fourth-order valence-corrected chi connectivity index (χ4v) is 2.37. The van der Waals surface area contributed by atoms with E-state index in [0.29, 0.717) is 11.3 Å². The van der Waals surface area contributed by atoms with Gasteiger partial charge >= 0.3 is 0 Å². The molecule has 0 atom stereocenters. The molecule has 0 amide bonds. The first kappa shape index (κ1) is 13.1. The van der Waals surface area contributed by atoms with E-state index in [4.69, 9.17) is 15.9 Å². The molecule has 0 aliphatic carbocycles. The molecule has 0 heterocycles. The van der Waals surface area contributed by atoms with Gasteiger partial charge in [0.15, 0.2) is 0 Å². The molecule has 0 aliphatic rings. The Labute approximate surface area is 122 Å². The van der Waals surface area contributed by atoms with Crippen molar-refractivity contribution in [3.63, 3.8) is 0 Å². The molecule has 0 saturated heterocycles. The maximum absolute atomic E-state index is 7.40. The number of hydrogen-bond acceptors (Lipinski definition) is 2. The largest absolute Gasteiger partial charge is 0.456 e. The highest BCUT2D eigenvalue weighted by atomic mass is 79.9. The maximum atomic E-state index is 7.40. The van der Waals surface area contributed by atoms with Gasteiger partial charge in [-0.05, 0) is 62.2 Å². The van der Waals surface area contributed by atoms with Crippen molar-refractivity contribution in [3.8, 4) is 11.5 Å². The minimum atomic E-state index is 0.0225. The Kier molecular flexibility index (Phi) is 4.04. The molecule has 0 radical (unpaired) electrons. The lowest BCUT2D eigenvalue weighted by Gasteiger charge is -2.09. The molecule has 5 heteroatoms. The van der Waals surface area contributed by atoms with E-state index >= 15 is 0 Å². The van der Waals surface area contributed by atoms with Gasteiger partial charge in [0.1, 0.15) is 17.3 Å². The number of ether oxygens (including phenoxy) is 1. The molecule has 18 heavy (non-hydrogen) atoms. The molecule has 3 nitrogen and oxygen atoms in total. The van der Waals surface area contributed by atoms with Crippen molar-refractivity contribution in [3.05, 3.63) is 57.0 Å². The monoisotopic (exact) mass is 368 g/mol. The van der Waals surface area contributed by atoms with Crippen molar-refractivity contribution in [1.29, 1.82) is 5.41 Å². The number of nitrogens with one attached hydrogen (secondary N) is 1. The van der Waals surface area contributed by atoms with Crippen molar-refractivity contribution in [2.45, 2.75) is 0 Å². The van der Waals surface area contributed by atoms with Crippen LogP contribution in [0.5, 0.6) is 11.5 Å². The van der Waals surface area contributed by atoms with E-state index in [1.807, 2.05) is 24.3 Å². The number of halogens is 2. The average Bonchev–Trinajstić information content (AvgIpc) is 2.32. The van der Waals surface area contributed by atoms with E-state index in [9.17, 15) is 0 Å². The van der Waals surface area contributed by atoms with Crippen molar-refractivity contribution < 1.29 is 4.74 Å². The highest BCUT2D eigenvalue weighted by Gasteiger charge is 2.06. The van der Waals surface area contributed by atoms with Crippen LogP contribution in [0.15, 0.2) is 51.4 Å². The Bertz CT molecular complexity index is 599. The molecule has 0 fully saturated rings. The van der Waals surface area contributed by atoms with Gasteiger partial charge in [0, 0.05) is 10.0 Å². The van der Waals surface area contributed by atoms with E-state index in [1.54, 1.807) is 18.2 Å². The summed E-state index contributed by atoms with van der Waals surface area (Å²) in [5.41, 5.74) is 6.09. The number of benzene rings is 2. The zero-order valence-electron chi connectivity index (χ0n) is 9.28. The summed E-state index contributed by atoms with van der Waals surface area (Å²) in [4.78, 5) is 0. The van der Waals surface area contributed by atoms with E-state index in [0.717, 1.165) is 14.7 Å². The molecular weight excluding hydrogens is 360 g/mol. The van der Waals surface area contributed by atoms with E-state index < -0.39 is 0 Å². The Morgan fingerprint density at radius 3 is 2.39 bits per heavy atom. The van der Waals surface area contributed by atoms with Crippen LogP contribution in [0.2, 0.25) is 0 Å². The first-order chi connectivity index (χ1) is 8.58. The molecule has 2 rings (SSSR count). The lowest BCUT2D eigenvalue weighted by atomic mass is 10.2. The number of hydrogen-bond donors (Lipinski definition) is 2. The third-order valence-electron chi connectivity index (χ3n) is 2.30. The second-order valence-electron chi connectivity index (χ2n) is 3.59. The molecular formula is C13H10Br2N2O. The minimum absolute atomic E-state index is 0.0225. The number of rotatable bonds is 3. The summed E-state index contributed by atoms with van der Waals surface area (Å²) in [5, 5.41) is 7.40. The summed E-state index contributed by atoms with van der Waals surface area (Å²) in [6.45, 7) is 0. The van der Waals surface area contributed by atoms with Crippen molar-refractivity contribution in [2.24, 2.45) is 5.73 Å². The molecule has 0 aromatic heterocycles. The van der Waals surface area contributed by atoms with Crippen molar-refractivity contribution in [1.82, 2.24) is 0 Å². The first-order valence-corrected chi connectivity index (χ1v) is 6.73. The lowest BCUT2D eigenvalue weighted by molar-refractivity contribution is 0.479. The second-order valence-corrected chi connectivity index (χ2v) is 5.30. The van der Waals surface area contributed by atoms with Crippen LogP contribution in [0, 0.1) is 5.41 Å². The van der Waals surface area contributed by atoms with E-state index in [1.165, 1.54) is 0 Å². The quantitative estimate of drug-likeness (QED) is 0.626. The third-order valence-corrected chi connectivity index (χ3v) is 3.61. The number of nitrogens with two attached hydrogens (primary N) is 1. The second kappa shape index (κ2) is 5.54. The van der Waals surface area contributed by atoms with Gasteiger partial charge in [0.25, 0.3) is 0 Å². The molecule has 0 saturated carbocycles. The number of nitrogen functional groups attached to an aromatic ring is 1. The third kappa shape index (κ3) is 2.91. The Morgan fingerprint density at radius 2 is 1.78 bits per heavy atom. The molecule has 0 aliphatic heterocycles. The summed E-state index contributed by atoms with van der Waals surface area (Å²) in [6, 6.07) is 12.9. The average molecular weight is 370 g/mol. The number of amidine groups is 1. The van der Waals surface area contributed by atoms with Gasteiger partial charge in [-0.25, -0.2) is 0 Å². The Morgan fingerprint density at radius 1 is 1.06 bits per heavy atom. The predicted octanol–water partition coefficient (Wildman–Crippen LogP) is 4.29. The van der Waals surface area contributed by atoms with E-state index in [-0.39, 0.29) is 5.84 Å². The van der Waals surface area contributed by atoms with Gasteiger partial charge in [0.05, 0.1) is 4.47 Å². The zero-order chi connectivity index (χ0) is 13.1. The minimum Gasteiger partial charge on any atom is -0.456 e. The SMILES string of the molecule is N=C(N)c1ccc(Oc2ccccc2Br)cc1Br. The molecule has 2 aromatic carbocycles. The number of para-hydroxylation sites is 1. The summed E-state index contributed by atoms with van der Waals surface area (Å²) in [6.07, 6.45) is 0. The highest BCUT2D eigenvalue weighted by Crippen LogP contribution is 2.31. The predicted molar refractivity (Wildman–Crippen MR) is 79.4 cm³/mol. The molecule has 0 spiro atoms. The van der Waals surface area contributed by atoms with Gasteiger partial charge in [-0.3, -0.25) is 5.41 Å². The maximum Gasteiger partial charge on any atom is 0.141 e. The first-order valence-electron chi connectivity index (χ1n) is 5.14. The fourth-order valence-electron chi connectivity index (χ4n) is 1.43. The van der Waals surface area contributed by atoms with Gasteiger partial charge < -0.3 is 10.5 Å². The summed E-state index contributed by atoms with van der Waals surface area (Å²) in [7, 11) is 0. The van der Waals surface area contributed by atoms with Crippen LogP contribution >= 0.6 is 31.9 Å². The van der Waals surface area contributed by atoms with Crippen LogP contribution in [-0.2, 0) is 0 Å². The van der Waals surface area contributed by atoms with Gasteiger partial charge in [-0.1, -0.05) is 12.1 Å². The topological polar surface area (TPSA) is 59.1 Å². The molecule has 92 valence electrons. The van der Waals surface area contributed by atoms with Crippen LogP contribution < -0.4 is 10.5 Å². The van der Waals surface area contributed by atoms with Crippen LogP contribution in [0.3, 0.4) is 0 Å². The van der Waals surface area contributed by atoms with Gasteiger partial charge in [-0.15, -0.1) is 0 Å². The van der Waals surface area contributed by atoms with Gasteiger partial charge in [-0.2, -0.15) is 0 Å². The highest BCUT2D eigenvalue weighted by molar-refractivity contribution is 9.10. The van der Waals surface area contributed by atoms with Crippen LogP contribution in [0.4, 0.5) is 0 Å². The standard InChI is InChI=1S/C13H10Br2N2O/c14-10-3-1-2-4-12(10)18-8-5-6-9(13(16)17)11(15)7-8/h1-7H,(H3,16,17). The summed E-state index contributed by atoms with van der Waals surface area (Å²) >= 11 is 6.79. The van der Waals surface area contributed by atoms with E-state index in [2.05, 4.69) is 31.9 Å². The van der Waals surface area contributed by atoms with Gasteiger partial charge in [0.2, 0.25) is 0 Å². The smallest absolute Gasteiger partial charge is 0.141 e. The van der Waals surface area contributed by atoms with Crippen LogP contribution in [0.25, 0.3) is 0 Å². The Hall–Kier alpha value is -1.33. The molecule has 2 aromatic rings. The molecule has 0 bridgehead atoms. The molecule has 3 N–H and O–H groups in total. The van der Waals surface area contributed by atoms with Crippen LogP contribution in [-0.4, -0.2) is 5.84 Å². The van der Waals surface area contributed by atoms with Crippen molar-refractivity contribution in [2.75, 3.05) is 0 Å². The lowest BCUT2D eigenvalue weighted by Crippen LogP contribution is -2.11. The van der Waals surface area contributed by atoms with Crippen LogP contribution in [0.1, 0.15) is 5.56 Å². The summed E-state index contributed by atoms with van der Waals surface area (Å²) in [5.74, 6) is 1.44. The molecule has 0 unspecified atom stereocenters. The fraction of sp³-hybridized carbons (Fsp3) is 0. The Balaban J connectivity index is 2.29. The summed E-state index contributed by atoms with van der Waals surface area (Å²) < 4.78 is 7.36. The van der Waals surface area contributed by atoms with Crippen molar-refractivity contribution >= 4 is 37.7 Å².